The Bertz CT molecular complexity index is 501. The van der Waals surface area contributed by atoms with Gasteiger partial charge in [0, 0.05) is 0 Å². The fourth-order valence-electron chi connectivity index (χ4n) is 2.49. The zero-order valence-electron chi connectivity index (χ0n) is 12.7. The van der Waals surface area contributed by atoms with Crippen LogP contribution in [0.1, 0.15) is 43.5 Å². The van der Waals surface area contributed by atoms with Crippen molar-refractivity contribution < 1.29 is 29.1 Å². The van der Waals surface area contributed by atoms with Crippen molar-refractivity contribution in [2.45, 2.75) is 39.2 Å². The molecule has 1 saturated carbocycles. The van der Waals surface area contributed by atoms with Crippen LogP contribution in [-0.2, 0) is 19.6 Å². The predicted molar refractivity (Wildman–Crippen MR) is 76.5 cm³/mol. The average molecular weight is 308 g/mol. The summed E-state index contributed by atoms with van der Waals surface area (Å²) in [6.07, 6.45) is 1.71. The van der Waals surface area contributed by atoms with E-state index in [4.69, 9.17) is 4.74 Å². The molecule has 0 aliphatic heterocycles. The highest BCUT2D eigenvalue weighted by Gasteiger charge is 2.29. The standard InChI is InChI=1S/C16H20O6/c1-11-8-9-12(2)14(10-11)19-16(18)21-22-20-15(17)13-6-4-3-5-7-13/h3-7,11-12,14H,8-10H2,1-2H3. The fraction of sp³-hybridized carbons (Fsp3) is 0.500. The van der Waals surface area contributed by atoms with Gasteiger partial charge in [-0.25, -0.2) is 14.5 Å². The molecule has 1 aromatic rings. The summed E-state index contributed by atoms with van der Waals surface area (Å²) in [7, 11) is 0. The van der Waals surface area contributed by atoms with Gasteiger partial charge in [0.1, 0.15) is 6.10 Å². The molecule has 2 rings (SSSR count). The van der Waals surface area contributed by atoms with Gasteiger partial charge in [-0.2, -0.15) is 0 Å². The van der Waals surface area contributed by atoms with E-state index in [0.717, 1.165) is 19.3 Å². The predicted octanol–water partition coefficient (Wildman–Crippen LogP) is 3.67. The largest absolute Gasteiger partial charge is 0.543 e. The van der Waals surface area contributed by atoms with E-state index in [1.165, 1.54) is 0 Å². The third-order valence-electron chi connectivity index (χ3n) is 3.85. The second-order valence-electron chi connectivity index (χ2n) is 5.69. The van der Waals surface area contributed by atoms with E-state index in [9.17, 15) is 9.59 Å². The minimum absolute atomic E-state index is 0.204. The Labute approximate surface area is 129 Å². The number of rotatable bonds is 4. The Kier molecular flexibility index (Phi) is 5.77. The topological polar surface area (TPSA) is 71.1 Å². The second kappa shape index (κ2) is 7.79. The molecule has 0 spiro atoms. The SMILES string of the molecule is CC1CCC(C)C(OC(=O)OOOC(=O)c2ccccc2)C1. The smallest absolute Gasteiger partial charge is 0.429 e. The lowest BCUT2D eigenvalue weighted by Gasteiger charge is -2.31. The molecule has 0 aromatic heterocycles. The van der Waals surface area contributed by atoms with Crippen LogP contribution in [0.15, 0.2) is 30.3 Å². The Balaban J connectivity index is 1.70. The van der Waals surface area contributed by atoms with E-state index < -0.39 is 12.1 Å². The summed E-state index contributed by atoms with van der Waals surface area (Å²) in [6, 6.07) is 8.22. The molecular formula is C16H20O6. The maximum absolute atomic E-state index is 11.5. The maximum Gasteiger partial charge on any atom is 0.543 e. The Hall–Kier alpha value is -2.08. The molecule has 3 unspecified atom stereocenters. The lowest BCUT2D eigenvalue weighted by Crippen LogP contribution is -2.31. The van der Waals surface area contributed by atoms with Gasteiger partial charge in [-0.05, 0) is 36.8 Å². The normalized spacial score (nSPS) is 24.4. The summed E-state index contributed by atoms with van der Waals surface area (Å²) < 4.78 is 5.18. The van der Waals surface area contributed by atoms with E-state index >= 15 is 0 Å². The molecular weight excluding hydrogens is 288 g/mol. The van der Waals surface area contributed by atoms with Crippen molar-refractivity contribution in [1.29, 1.82) is 0 Å². The van der Waals surface area contributed by atoms with E-state index in [2.05, 4.69) is 21.7 Å². The Morgan fingerprint density at radius 1 is 1.05 bits per heavy atom. The molecule has 120 valence electrons. The van der Waals surface area contributed by atoms with Gasteiger partial charge in [0.15, 0.2) is 0 Å². The first-order valence-electron chi connectivity index (χ1n) is 7.37. The minimum Gasteiger partial charge on any atom is -0.429 e. The van der Waals surface area contributed by atoms with Crippen LogP contribution in [-0.4, -0.2) is 18.2 Å². The van der Waals surface area contributed by atoms with Gasteiger partial charge in [0.2, 0.25) is 0 Å². The van der Waals surface area contributed by atoms with Crippen molar-refractivity contribution >= 4 is 12.1 Å². The first-order chi connectivity index (χ1) is 10.6. The van der Waals surface area contributed by atoms with Gasteiger partial charge >= 0.3 is 12.1 Å². The van der Waals surface area contributed by atoms with Gasteiger partial charge in [-0.1, -0.05) is 38.5 Å². The van der Waals surface area contributed by atoms with Crippen molar-refractivity contribution in [3.63, 3.8) is 0 Å². The summed E-state index contributed by atoms with van der Waals surface area (Å²) >= 11 is 0. The maximum atomic E-state index is 11.5. The lowest BCUT2D eigenvalue weighted by molar-refractivity contribution is -0.453. The number of ether oxygens (including phenoxy) is 1. The van der Waals surface area contributed by atoms with Crippen LogP contribution in [0.25, 0.3) is 0 Å². The first kappa shape index (κ1) is 16.3. The van der Waals surface area contributed by atoms with E-state index in [-0.39, 0.29) is 17.6 Å². The van der Waals surface area contributed by atoms with Crippen LogP contribution < -0.4 is 0 Å². The third-order valence-corrected chi connectivity index (χ3v) is 3.85. The molecule has 0 radical (unpaired) electrons. The van der Waals surface area contributed by atoms with Gasteiger partial charge in [-0.15, -0.1) is 0 Å². The summed E-state index contributed by atoms with van der Waals surface area (Å²) in [5.41, 5.74) is 0.286. The fourth-order valence-corrected chi connectivity index (χ4v) is 2.49. The first-order valence-corrected chi connectivity index (χ1v) is 7.37. The molecule has 6 heteroatoms. The van der Waals surface area contributed by atoms with Crippen LogP contribution in [0.2, 0.25) is 0 Å². The molecule has 6 nitrogen and oxygen atoms in total. The average Bonchev–Trinajstić information content (AvgIpc) is 2.51. The van der Waals surface area contributed by atoms with Gasteiger partial charge in [0.25, 0.3) is 0 Å². The van der Waals surface area contributed by atoms with E-state index in [1.54, 1.807) is 30.3 Å². The van der Waals surface area contributed by atoms with Gasteiger partial charge in [-0.3, -0.25) is 4.89 Å². The number of benzene rings is 1. The molecule has 1 fully saturated rings. The summed E-state index contributed by atoms with van der Waals surface area (Å²) in [5, 5.41) is 4.19. The Morgan fingerprint density at radius 2 is 1.77 bits per heavy atom. The van der Waals surface area contributed by atoms with Crippen LogP contribution in [0, 0.1) is 11.8 Å². The number of carbonyl (C=O) groups is 2. The van der Waals surface area contributed by atoms with Crippen molar-refractivity contribution in [2.24, 2.45) is 11.8 Å². The van der Waals surface area contributed by atoms with Crippen LogP contribution in [0.5, 0.6) is 0 Å². The van der Waals surface area contributed by atoms with Crippen LogP contribution in [0.4, 0.5) is 4.79 Å². The third kappa shape index (κ3) is 4.73. The van der Waals surface area contributed by atoms with Gasteiger partial charge in [0.05, 0.1) is 10.6 Å². The van der Waals surface area contributed by atoms with E-state index in [1.807, 2.05) is 6.92 Å². The van der Waals surface area contributed by atoms with Gasteiger partial charge < -0.3 is 4.74 Å². The Morgan fingerprint density at radius 3 is 2.50 bits per heavy atom. The summed E-state index contributed by atoms with van der Waals surface area (Å²) in [5.74, 6) is 0.0227. The van der Waals surface area contributed by atoms with E-state index in [0.29, 0.717) is 5.92 Å². The highest BCUT2D eigenvalue weighted by molar-refractivity contribution is 5.88. The zero-order valence-corrected chi connectivity index (χ0v) is 12.7. The van der Waals surface area contributed by atoms with Crippen LogP contribution >= 0.6 is 0 Å². The molecule has 0 heterocycles. The molecule has 3 atom stereocenters. The molecule has 1 aromatic carbocycles. The molecule has 0 N–H and O–H groups in total. The van der Waals surface area contributed by atoms with Crippen LogP contribution in [0.3, 0.4) is 0 Å². The second-order valence-corrected chi connectivity index (χ2v) is 5.69. The monoisotopic (exact) mass is 308 g/mol. The number of hydrogen-bond donors (Lipinski definition) is 0. The molecule has 22 heavy (non-hydrogen) atoms. The van der Waals surface area contributed by atoms with Crippen molar-refractivity contribution in [3.05, 3.63) is 35.9 Å². The summed E-state index contributed by atoms with van der Waals surface area (Å²) in [6.45, 7) is 4.14. The molecule has 1 aliphatic rings. The quantitative estimate of drug-likeness (QED) is 0.480. The molecule has 0 bridgehead atoms. The number of carbonyl (C=O) groups excluding carboxylic acids is 2. The molecule has 0 saturated heterocycles. The number of hydrogen-bond acceptors (Lipinski definition) is 6. The summed E-state index contributed by atoms with van der Waals surface area (Å²) in [4.78, 5) is 31.7. The highest BCUT2D eigenvalue weighted by atomic mass is 17.5. The van der Waals surface area contributed by atoms with Crippen molar-refractivity contribution in [1.82, 2.24) is 0 Å². The molecule has 0 amide bonds. The van der Waals surface area contributed by atoms with Crippen molar-refractivity contribution in [3.8, 4) is 0 Å². The molecule has 1 aliphatic carbocycles. The zero-order chi connectivity index (χ0) is 15.9. The lowest BCUT2D eigenvalue weighted by atomic mass is 9.82. The minimum atomic E-state index is -1.01. The van der Waals surface area contributed by atoms with Crippen molar-refractivity contribution in [2.75, 3.05) is 0 Å². The highest BCUT2D eigenvalue weighted by Crippen LogP contribution is 2.30.